The summed E-state index contributed by atoms with van der Waals surface area (Å²) in [5.41, 5.74) is 1.00. The van der Waals surface area contributed by atoms with E-state index in [1.165, 1.54) is 0 Å². The molecule has 26 heavy (non-hydrogen) atoms. The molecule has 2 aromatic carbocycles. The normalized spacial score (nSPS) is 19.6. The van der Waals surface area contributed by atoms with Gasteiger partial charge in [-0.25, -0.2) is 0 Å². The van der Waals surface area contributed by atoms with Crippen molar-refractivity contribution in [3.63, 3.8) is 0 Å². The number of methoxy groups -OCH3 is 1. The van der Waals surface area contributed by atoms with Gasteiger partial charge in [0.05, 0.1) is 26.9 Å². The van der Waals surface area contributed by atoms with E-state index < -0.39 is 6.10 Å². The summed E-state index contributed by atoms with van der Waals surface area (Å²) in [5, 5.41) is 2.82. The first-order valence-electron chi connectivity index (χ1n) is 8.59. The first-order chi connectivity index (χ1) is 12.8. The van der Waals surface area contributed by atoms with Crippen LogP contribution in [0.15, 0.2) is 54.6 Å². The zero-order chi connectivity index (χ0) is 18.2. The van der Waals surface area contributed by atoms with Crippen LogP contribution in [0.2, 0.25) is 0 Å². The number of hydrogen-bond donors (Lipinski definition) is 1. The molecule has 0 spiro atoms. The summed E-state index contributed by atoms with van der Waals surface area (Å²) in [4.78, 5) is 12.3. The van der Waals surface area contributed by atoms with Gasteiger partial charge in [-0.1, -0.05) is 42.5 Å². The van der Waals surface area contributed by atoms with Crippen molar-refractivity contribution in [2.75, 3.05) is 33.5 Å². The van der Waals surface area contributed by atoms with E-state index in [0.717, 1.165) is 5.56 Å². The lowest BCUT2D eigenvalue weighted by molar-refractivity contribution is -0.165. The standard InChI is InChI=1S/C20H23NO5/c1-23-16-9-5-6-10-17(16)25-12-11-21-20(22)19-14-24-13-18(26-19)15-7-3-2-4-8-15/h2-10,18-19H,11-14H2,1H3,(H,21,22)/t18-,19+/m1/s1. The minimum atomic E-state index is -0.625. The fourth-order valence-electron chi connectivity index (χ4n) is 2.73. The van der Waals surface area contributed by atoms with Gasteiger partial charge in [-0.3, -0.25) is 4.79 Å². The zero-order valence-electron chi connectivity index (χ0n) is 14.7. The average Bonchev–Trinajstić information content (AvgIpc) is 2.72. The smallest absolute Gasteiger partial charge is 0.251 e. The number of ether oxygens (including phenoxy) is 4. The second-order valence-corrected chi connectivity index (χ2v) is 5.85. The summed E-state index contributed by atoms with van der Waals surface area (Å²) in [6.07, 6.45) is -0.856. The molecule has 0 bridgehead atoms. The number of carbonyl (C=O) groups is 1. The monoisotopic (exact) mass is 357 g/mol. The third-order valence-corrected chi connectivity index (χ3v) is 4.06. The fourth-order valence-corrected chi connectivity index (χ4v) is 2.73. The molecule has 138 valence electrons. The summed E-state index contributed by atoms with van der Waals surface area (Å²) in [6, 6.07) is 17.2. The molecular formula is C20H23NO5. The molecule has 2 atom stereocenters. The van der Waals surface area contributed by atoms with Crippen LogP contribution in [0, 0.1) is 0 Å². The van der Waals surface area contributed by atoms with Crippen LogP contribution in [0.25, 0.3) is 0 Å². The predicted molar refractivity (Wildman–Crippen MR) is 96.4 cm³/mol. The van der Waals surface area contributed by atoms with E-state index in [2.05, 4.69) is 5.32 Å². The summed E-state index contributed by atoms with van der Waals surface area (Å²) in [6.45, 7) is 1.40. The summed E-state index contributed by atoms with van der Waals surface area (Å²) in [5.74, 6) is 1.11. The van der Waals surface area contributed by atoms with Gasteiger partial charge in [0.25, 0.3) is 5.91 Å². The maximum Gasteiger partial charge on any atom is 0.251 e. The van der Waals surface area contributed by atoms with Gasteiger partial charge in [0.1, 0.15) is 12.7 Å². The molecule has 6 nitrogen and oxygen atoms in total. The largest absolute Gasteiger partial charge is 0.493 e. The molecule has 0 aliphatic carbocycles. The Hall–Kier alpha value is -2.57. The number of hydrogen-bond acceptors (Lipinski definition) is 5. The number of amides is 1. The molecular weight excluding hydrogens is 334 g/mol. The molecule has 1 fully saturated rings. The Morgan fingerprint density at radius 3 is 2.58 bits per heavy atom. The summed E-state index contributed by atoms with van der Waals surface area (Å²) in [7, 11) is 1.59. The number of nitrogens with one attached hydrogen (secondary N) is 1. The van der Waals surface area contributed by atoms with Crippen molar-refractivity contribution in [2.45, 2.75) is 12.2 Å². The van der Waals surface area contributed by atoms with Gasteiger partial charge in [0.2, 0.25) is 0 Å². The highest BCUT2D eigenvalue weighted by molar-refractivity contribution is 5.81. The van der Waals surface area contributed by atoms with Gasteiger partial charge >= 0.3 is 0 Å². The van der Waals surface area contributed by atoms with E-state index in [4.69, 9.17) is 18.9 Å². The van der Waals surface area contributed by atoms with Crippen molar-refractivity contribution in [3.8, 4) is 11.5 Å². The summed E-state index contributed by atoms with van der Waals surface area (Å²) >= 11 is 0. The highest BCUT2D eigenvalue weighted by Gasteiger charge is 2.29. The molecule has 1 heterocycles. The quantitative estimate of drug-likeness (QED) is 0.771. The lowest BCUT2D eigenvalue weighted by Gasteiger charge is -2.29. The molecule has 1 N–H and O–H groups in total. The summed E-state index contributed by atoms with van der Waals surface area (Å²) < 4.78 is 22.3. The van der Waals surface area contributed by atoms with Gasteiger partial charge in [-0.05, 0) is 17.7 Å². The molecule has 0 radical (unpaired) electrons. The zero-order valence-corrected chi connectivity index (χ0v) is 14.7. The Morgan fingerprint density at radius 1 is 1.08 bits per heavy atom. The Bertz CT molecular complexity index is 706. The minimum Gasteiger partial charge on any atom is -0.493 e. The van der Waals surface area contributed by atoms with Crippen LogP contribution in [0.5, 0.6) is 11.5 Å². The van der Waals surface area contributed by atoms with Crippen LogP contribution < -0.4 is 14.8 Å². The third kappa shape index (κ3) is 4.74. The van der Waals surface area contributed by atoms with E-state index in [-0.39, 0.29) is 18.6 Å². The fraction of sp³-hybridized carbons (Fsp3) is 0.350. The van der Waals surface area contributed by atoms with Crippen LogP contribution in [0.3, 0.4) is 0 Å². The van der Waals surface area contributed by atoms with Crippen molar-refractivity contribution in [3.05, 3.63) is 60.2 Å². The van der Waals surface area contributed by atoms with Crippen LogP contribution >= 0.6 is 0 Å². The Kier molecular flexibility index (Phi) is 6.46. The molecule has 1 aliphatic rings. The van der Waals surface area contributed by atoms with Crippen LogP contribution in [0.1, 0.15) is 11.7 Å². The van der Waals surface area contributed by atoms with E-state index in [1.54, 1.807) is 7.11 Å². The lowest BCUT2D eigenvalue weighted by atomic mass is 10.1. The van der Waals surface area contributed by atoms with Crippen molar-refractivity contribution in [1.29, 1.82) is 0 Å². The second kappa shape index (κ2) is 9.22. The number of para-hydroxylation sites is 2. The topological polar surface area (TPSA) is 66.0 Å². The van der Waals surface area contributed by atoms with E-state index in [0.29, 0.717) is 31.3 Å². The maximum absolute atomic E-state index is 12.3. The molecule has 0 saturated carbocycles. The average molecular weight is 357 g/mol. The predicted octanol–water partition coefficient (Wildman–Crippen LogP) is 2.35. The van der Waals surface area contributed by atoms with Crippen molar-refractivity contribution in [1.82, 2.24) is 5.32 Å². The van der Waals surface area contributed by atoms with E-state index in [9.17, 15) is 4.79 Å². The Morgan fingerprint density at radius 2 is 1.81 bits per heavy atom. The maximum atomic E-state index is 12.3. The van der Waals surface area contributed by atoms with Crippen molar-refractivity contribution < 1.29 is 23.7 Å². The van der Waals surface area contributed by atoms with Gasteiger partial charge in [-0.15, -0.1) is 0 Å². The molecule has 1 saturated heterocycles. The Labute approximate surface area is 153 Å². The number of rotatable bonds is 7. The van der Waals surface area contributed by atoms with Crippen molar-refractivity contribution in [2.24, 2.45) is 0 Å². The van der Waals surface area contributed by atoms with E-state index in [1.807, 2.05) is 54.6 Å². The van der Waals surface area contributed by atoms with Gasteiger partial charge in [0.15, 0.2) is 17.6 Å². The highest BCUT2D eigenvalue weighted by atomic mass is 16.6. The third-order valence-electron chi connectivity index (χ3n) is 4.06. The molecule has 2 aromatic rings. The minimum absolute atomic E-state index is 0.200. The van der Waals surface area contributed by atoms with Gasteiger partial charge in [-0.2, -0.15) is 0 Å². The van der Waals surface area contributed by atoms with Gasteiger partial charge < -0.3 is 24.3 Å². The Balaban J connectivity index is 1.44. The first-order valence-corrected chi connectivity index (χ1v) is 8.59. The number of carbonyl (C=O) groups excluding carboxylic acids is 1. The molecule has 1 aliphatic heterocycles. The molecule has 6 heteroatoms. The molecule has 1 amide bonds. The second-order valence-electron chi connectivity index (χ2n) is 5.85. The first kappa shape index (κ1) is 18.2. The number of benzene rings is 2. The van der Waals surface area contributed by atoms with Gasteiger partial charge in [0, 0.05) is 0 Å². The molecule has 3 rings (SSSR count). The highest BCUT2D eigenvalue weighted by Crippen LogP contribution is 2.25. The van der Waals surface area contributed by atoms with Crippen LogP contribution in [-0.2, 0) is 14.3 Å². The van der Waals surface area contributed by atoms with Crippen molar-refractivity contribution >= 4 is 5.91 Å². The molecule has 0 unspecified atom stereocenters. The lowest BCUT2D eigenvalue weighted by Crippen LogP contribution is -2.44. The van der Waals surface area contributed by atoms with E-state index >= 15 is 0 Å². The van der Waals surface area contributed by atoms with Crippen LogP contribution in [-0.4, -0.2) is 45.5 Å². The van der Waals surface area contributed by atoms with Crippen LogP contribution in [0.4, 0.5) is 0 Å². The SMILES string of the molecule is COc1ccccc1OCCNC(=O)[C@@H]1COC[C@H](c2ccccc2)O1. The molecule has 0 aromatic heterocycles.